The number of rotatable bonds is 5. The molecule has 0 saturated heterocycles. The molecule has 20 heavy (non-hydrogen) atoms. The standard InChI is InChI=1S/C15H20FN3S/c1-10(17-8-15-11(2)18-9-20-15)13-6-5-12(16)7-14(13)19(3)4/h5-7,9-10,17H,8H2,1-4H3/t10-/m0/s1. The molecule has 0 radical (unpaired) electrons. The number of anilines is 1. The predicted octanol–water partition coefficient (Wildman–Crippen LogP) is 3.51. The molecule has 2 aromatic rings. The smallest absolute Gasteiger partial charge is 0.125 e. The summed E-state index contributed by atoms with van der Waals surface area (Å²) in [5.74, 6) is -0.206. The van der Waals surface area contributed by atoms with Crippen molar-refractivity contribution in [3.05, 3.63) is 45.7 Å². The number of hydrogen-bond acceptors (Lipinski definition) is 4. The normalized spacial score (nSPS) is 12.4. The molecule has 0 aliphatic carbocycles. The van der Waals surface area contributed by atoms with Crippen molar-refractivity contribution >= 4 is 17.0 Å². The Hall–Kier alpha value is -1.46. The molecule has 5 heteroatoms. The van der Waals surface area contributed by atoms with E-state index in [9.17, 15) is 4.39 Å². The van der Waals surface area contributed by atoms with E-state index >= 15 is 0 Å². The molecule has 0 bridgehead atoms. The second-order valence-corrected chi connectivity index (χ2v) is 6.00. The lowest BCUT2D eigenvalue weighted by atomic mass is 10.1. The van der Waals surface area contributed by atoms with Gasteiger partial charge < -0.3 is 10.2 Å². The molecule has 0 aliphatic heterocycles. The van der Waals surface area contributed by atoms with Gasteiger partial charge in [-0.25, -0.2) is 9.37 Å². The fraction of sp³-hybridized carbons (Fsp3) is 0.400. The molecular weight excluding hydrogens is 273 g/mol. The minimum absolute atomic E-state index is 0.148. The second kappa shape index (κ2) is 6.33. The van der Waals surface area contributed by atoms with Crippen molar-refractivity contribution in [1.29, 1.82) is 0 Å². The summed E-state index contributed by atoms with van der Waals surface area (Å²) >= 11 is 1.66. The lowest BCUT2D eigenvalue weighted by molar-refractivity contribution is 0.573. The Morgan fingerprint density at radius 3 is 2.75 bits per heavy atom. The molecule has 1 atom stereocenters. The van der Waals surface area contributed by atoms with E-state index < -0.39 is 0 Å². The van der Waals surface area contributed by atoms with E-state index in [1.807, 2.05) is 37.5 Å². The molecule has 0 fully saturated rings. The van der Waals surface area contributed by atoms with E-state index in [2.05, 4.69) is 17.2 Å². The molecule has 3 nitrogen and oxygen atoms in total. The van der Waals surface area contributed by atoms with Crippen molar-refractivity contribution in [2.45, 2.75) is 26.4 Å². The Kier molecular flexibility index (Phi) is 4.73. The van der Waals surface area contributed by atoms with Crippen molar-refractivity contribution in [3.63, 3.8) is 0 Å². The largest absolute Gasteiger partial charge is 0.377 e. The number of nitrogens with one attached hydrogen (secondary N) is 1. The van der Waals surface area contributed by atoms with Crippen LogP contribution < -0.4 is 10.2 Å². The molecule has 0 amide bonds. The first-order valence-corrected chi connectivity index (χ1v) is 7.46. The summed E-state index contributed by atoms with van der Waals surface area (Å²) in [6.45, 7) is 4.89. The first-order chi connectivity index (χ1) is 9.49. The molecule has 0 unspecified atom stereocenters. The second-order valence-electron chi connectivity index (χ2n) is 5.06. The van der Waals surface area contributed by atoms with Crippen LogP contribution in [0.5, 0.6) is 0 Å². The Labute approximate surface area is 123 Å². The Bertz CT molecular complexity index is 580. The van der Waals surface area contributed by atoms with Crippen LogP contribution in [0.4, 0.5) is 10.1 Å². The molecule has 0 saturated carbocycles. The van der Waals surface area contributed by atoms with Gasteiger partial charge in [0.1, 0.15) is 5.82 Å². The van der Waals surface area contributed by atoms with Gasteiger partial charge in [0, 0.05) is 37.2 Å². The van der Waals surface area contributed by atoms with E-state index in [-0.39, 0.29) is 11.9 Å². The monoisotopic (exact) mass is 293 g/mol. The van der Waals surface area contributed by atoms with Gasteiger partial charge >= 0.3 is 0 Å². The van der Waals surface area contributed by atoms with Crippen molar-refractivity contribution in [2.24, 2.45) is 0 Å². The van der Waals surface area contributed by atoms with Crippen LogP contribution in [0.3, 0.4) is 0 Å². The van der Waals surface area contributed by atoms with Gasteiger partial charge in [0.05, 0.1) is 11.2 Å². The van der Waals surface area contributed by atoms with E-state index in [1.165, 1.54) is 10.9 Å². The van der Waals surface area contributed by atoms with E-state index in [4.69, 9.17) is 0 Å². The van der Waals surface area contributed by atoms with Gasteiger partial charge in [0.2, 0.25) is 0 Å². The molecule has 1 N–H and O–H groups in total. The Balaban J connectivity index is 2.13. The third-order valence-electron chi connectivity index (χ3n) is 3.35. The van der Waals surface area contributed by atoms with Gasteiger partial charge in [0.25, 0.3) is 0 Å². The highest BCUT2D eigenvalue weighted by Crippen LogP contribution is 2.26. The van der Waals surface area contributed by atoms with Gasteiger partial charge in [-0.3, -0.25) is 0 Å². The zero-order valence-electron chi connectivity index (χ0n) is 12.3. The molecule has 2 rings (SSSR count). The topological polar surface area (TPSA) is 28.2 Å². The molecule has 0 spiro atoms. The average molecular weight is 293 g/mol. The van der Waals surface area contributed by atoms with Crippen molar-refractivity contribution in [1.82, 2.24) is 10.3 Å². The molecular formula is C15H20FN3S. The zero-order valence-corrected chi connectivity index (χ0v) is 13.1. The van der Waals surface area contributed by atoms with Crippen LogP contribution in [0.25, 0.3) is 0 Å². The van der Waals surface area contributed by atoms with E-state index in [0.717, 1.165) is 23.5 Å². The zero-order chi connectivity index (χ0) is 14.7. The van der Waals surface area contributed by atoms with Gasteiger partial charge in [-0.05, 0) is 31.5 Å². The Morgan fingerprint density at radius 1 is 1.40 bits per heavy atom. The van der Waals surface area contributed by atoms with Crippen LogP contribution in [0.2, 0.25) is 0 Å². The molecule has 108 valence electrons. The number of hydrogen-bond donors (Lipinski definition) is 1. The third-order valence-corrected chi connectivity index (χ3v) is 4.29. The Morgan fingerprint density at radius 2 is 2.15 bits per heavy atom. The average Bonchev–Trinajstić information content (AvgIpc) is 2.81. The van der Waals surface area contributed by atoms with Crippen molar-refractivity contribution < 1.29 is 4.39 Å². The summed E-state index contributed by atoms with van der Waals surface area (Å²) in [7, 11) is 3.86. The number of thiazole rings is 1. The highest BCUT2D eigenvalue weighted by atomic mass is 32.1. The van der Waals surface area contributed by atoms with Crippen LogP contribution in [0, 0.1) is 12.7 Å². The SMILES string of the molecule is Cc1ncsc1CN[C@@H](C)c1ccc(F)cc1N(C)C. The minimum Gasteiger partial charge on any atom is -0.377 e. The number of aromatic nitrogens is 1. The quantitative estimate of drug-likeness (QED) is 0.914. The van der Waals surface area contributed by atoms with Crippen LogP contribution in [0.1, 0.15) is 29.1 Å². The molecule has 1 aromatic heterocycles. The lowest BCUT2D eigenvalue weighted by Gasteiger charge is -2.22. The van der Waals surface area contributed by atoms with E-state index in [1.54, 1.807) is 17.4 Å². The summed E-state index contributed by atoms with van der Waals surface area (Å²) in [6, 6.07) is 5.08. The maximum atomic E-state index is 13.4. The summed E-state index contributed by atoms with van der Waals surface area (Å²) in [5, 5.41) is 3.48. The maximum absolute atomic E-state index is 13.4. The molecule has 1 heterocycles. The highest BCUT2D eigenvalue weighted by molar-refractivity contribution is 7.09. The number of nitrogens with zero attached hydrogens (tertiary/aromatic N) is 2. The van der Waals surface area contributed by atoms with Crippen LogP contribution in [-0.4, -0.2) is 19.1 Å². The number of aryl methyl sites for hydroxylation is 1. The highest BCUT2D eigenvalue weighted by Gasteiger charge is 2.13. The fourth-order valence-electron chi connectivity index (χ4n) is 2.12. The fourth-order valence-corrected chi connectivity index (χ4v) is 2.85. The molecule has 1 aromatic carbocycles. The van der Waals surface area contributed by atoms with Crippen LogP contribution in [0.15, 0.2) is 23.7 Å². The summed E-state index contributed by atoms with van der Waals surface area (Å²) in [5.41, 5.74) is 4.94. The predicted molar refractivity (Wildman–Crippen MR) is 82.8 cm³/mol. The van der Waals surface area contributed by atoms with Gasteiger partial charge in [-0.15, -0.1) is 11.3 Å². The van der Waals surface area contributed by atoms with E-state index in [0.29, 0.717) is 0 Å². The van der Waals surface area contributed by atoms with Crippen molar-refractivity contribution in [2.75, 3.05) is 19.0 Å². The van der Waals surface area contributed by atoms with Crippen LogP contribution in [-0.2, 0) is 6.54 Å². The number of halogens is 1. The third kappa shape index (κ3) is 3.35. The van der Waals surface area contributed by atoms with Crippen molar-refractivity contribution in [3.8, 4) is 0 Å². The summed E-state index contributed by atoms with van der Waals surface area (Å²) in [6.07, 6.45) is 0. The van der Waals surface area contributed by atoms with Gasteiger partial charge in [-0.1, -0.05) is 6.07 Å². The van der Waals surface area contributed by atoms with Gasteiger partial charge in [0.15, 0.2) is 0 Å². The summed E-state index contributed by atoms with van der Waals surface area (Å²) in [4.78, 5) is 7.43. The minimum atomic E-state index is -0.206. The van der Waals surface area contributed by atoms with Gasteiger partial charge in [-0.2, -0.15) is 0 Å². The summed E-state index contributed by atoms with van der Waals surface area (Å²) < 4.78 is 13.4. The maximum Gasteiger partial charge on any atom is 0.125 e. The molecule has 0 aliphatic rings. The van der Waals surface area contributed by atoms with Crippen LogP contribution >= 0.6 is 11.3 Å². The lowest BCUT2D eigenvalue weighted by Crippen LogP contribution is -2.21. The first kappa shape index (κ1) is 14.9. The first-order valence-electron chi connectivity index (χ1n) is 6.58. The number of benzene rings is 1.